The average molecular weight is 180 g/mol. The smallest absolute Gasteiger partial charge is 0.156 e. The van der Waals surface area contributed by atoms with Crippen LogP contribution in [0.4, 0.5) is 0 Å². The fourth-order valence-corrected chi connectivity index (χ4v) is 2.47. The van der Waals surface area contributed by atoms with Crippen molar-refractivity contribution >= 4 is 5.78 Å². The highest BCUT2D eigenvalue weighted by Crippen LogP contribution is 2.44. The van der Waals surface area contributed by atoms with Crippen LogP contribution in [-0.2, 0) is 4.79 Å². The maximum atomic E-state index is 11.5. The summed E-state index contributed by atoms with van der Waals surface area (Å²) in [6, 6.07) is 0. The second kappa shape index (κ2) is 3.28. The van der Waals surface area contributed by atoms with Crippen molar-refractivity contribution in [2.24, 2.45) is 11.3 Å². The van der Waals surface area contributed by atoms with E-state index in [1.807, 2.05) is 0 Å². The Kier molecular flexibility index (Phi) is 2.65. The highest BCUT2D eigenvalue weighted by atomic mass is 16.1. The first kappa shape index (κ1) is 10.5. The van der Waals surface area contributed by atoms with Crippen LogP contribution in [-0.4, -0.2) is 5.78 Å². The minimum absolute atomic E-state index is 0.0775. The van der Waals surface area contributed by atoms with Crippen LogP contribution in [0.2, 0.25) is 0 Å². The minimum Gasteiger partial charge on any atom is -0.295 e. The van der Waals surface area contributed by atoms with Gasteiger partial charge in [-0.3, -0.25) is 4.79 Å². The van der Waals surface area contributed by atoms with Crippen molar-refractivity contribution in [2.75, 3.05) is 0 Å². The Balaban J connectivity index is 3.16. The summed E-state index contributed by atoms with van der Waals surface area (Å²) in [5, 5.41) is 0. The van der Waals surface area contributed by atoms with E-state index in [4.69, 9.17) is 0 Å². The van der Waals surface area contributed by atoms with Gasteiger partial charge in [-0.25, -0.2) is 0 Å². The van der Waals surface area contributed by atoms with Gasteiger partial charge >= 0.3 is 0 Å². The van der Waals surface area contributed by atoms with Crippen molar-refractivity contribution in [2.45, 2.75) is 47.5 Å². The van der Waals surface area contributed by atoms with Crippen LogP contribution < -0.4 is 0 Å². The summed E-state index contributed by atoms with van der Waals surface area (Å²) in [4.78, 5) is 11.5. The van der Waals surface area contributed by atoms with E-state index in [1.54, 1.807) is 6.92 Å². The number of carbonyl (C=O) groups is 1. The number of ketones is 1. The van der Waals surface area contributed by atoms with Crippen molar-refractivity contribution in [1.29, 1.82) is 0 Å². The maximum absolute atomic E-state index is 11.5. The molecule has 0 aromatic rings. The Morgan fingerprint density at radius 2 is 2.00 bits per heavy atom. The first-order valence-electron chi connectivity index (χ1n) is 5.08. The standard InChI is InChI=1S/C12H20O/c1-8-6-7-9(2)12(4,5)11(8)10(3)13/h9H,6-7H2,1-5H3. The Morgan fingerprint density at radius 1 is 1.46 bits per heavy atom. The fourth-order valence-electron chi connectivity index (χ4n) is 2.47. The molecule has 1 nitrogen and oxygen atoms in total. The van der Waals surface area contributed by atoms with Gasteiger partial charge in [0.05, 0.1) is 0 Å². The molecule has 0 heterocycles. The lowest BCUT2D eigenvalue weighted by Crippen LogP contribution is -2.31. The predicted octanol–water partition coefficient (Wildman–Crippen LogP) is 3.35. The van der Waals surface area contributed by atoms with Crippen molar-refractivity contribution in [3.8, 4) is 0 Å². The molecule has 0 aliphatic heterocycles. The van der Waals surface area contributed by atoms with Crippen LogP contribution in [0.1, 0.15) is 47.5 Å². The molecule has 0 N–H and O–H groups in total. The third-order valence-corrected chi connectivity index (χ3v) is 3.61. The number of allylic oxidation sites excluding steroid dienone is 2. The van der Waals surface area contributed by atoms with E-state index in [2.05, 4.69) is 27.7 Å². The summed E-state index contributed by atoms with van der Waals surface area (Å²) in [7, 11) is 0. The van der Waals surface area contributed by atoms with Crippen molar-refractivity contribution in [1.82, 2.24) is 0 Å². The summed E-state index contributed by atoms with van der Waals surface area (Å²) in [6.07, 6.45) is 2.31. The molecule has 74 valence electrons. The molecule has 0 amide bonds. The lowest BCUT2D eigenvalue weighted by Gasteiger charge is -2.39. The summed E-state index contributed by atoms with van der Waals surface area (Å²) < 4.78 is 0. The van der Waals surface area contributed by atoms with Gasteiger partial charge in [0.2, 0.25) is 0 Å². The molecule has 1 aliphatic carbocycles. The van der Waals surface area contributed by atoms with E-state index in [9.17, 15) is 4.79 Å². The number of hydrogen-bond donors (Lipinski definition) is 0. The number of rotatable bonds is 1. The highest BCUT2D eigenvalue weighted by Gasteiger charge is 2.36. The van der Waals surface area contributed by atoms with Gasteiger partial charge in [-0.15, -0.1) is 0 Å². The van der Waals surface area contributed by atoms with Crippen LogP contribution in [0.3, 0.4) is 0 Å². The van der Waals surface area contributed by atoms with Crippen molar-refractivity contribution < 1.29 is 4.79 Å². The monoisotopic (exact) mass is 180 g/mol. The van der Waals surface area contributed by atoms with Gasteiger partial charge < -0.3 is 0 Å². The molecule has 0 aromatic heterocycles. The third kappa shape index (κ3) is 1.70. The molecule has 0 radical (unpaired) electrons. The second-order valence-corrected chi connectivity index (χ2v) is 4.87. The molecule has 1 atom stereocenters. The largest absolute Gasteiger partial charge is 0.295 e. The normalized spacial score (nSPS) is 27.6. The number of hydrogen-bond acceptors (Lipinski definition) is 1. The van der Waals surface area contributed by atoms with Crippen LogP contribution in [0.5, 0.6) is 0 Å². The van der Waals surface area contributed by atoms with E-state index in [0.29, 0.717) is 5.92 Å². The molecule has 1 aliphatic rings. The predicted molar refractivity (Wildman–Crippen MR) is 55.6 cm³/mol. The Labute approximate surface area is 81.2 Å². The molecule has 0 saturated carbocycles. The highest BCUT2D eigenvalue weighted by molar-refractivity contribution is 5.95. The van der Waals surface area contributed by atoms with Gasteiger partial charge in [-0.05, 0) is 43.6 Å². The van der Waals surface area contributed by atoms with E-state index in [0.717, 1.165) is 12.0 Å². The maximum Gasteiger partial charge on any atom is 0.156 e. The molecular formula is C12H20O. The van der Waals surface area contributed by atoms with Crippen LogP contribution in [0.15, 0.2) is 11.1 Å². The number of Topliss-reactive ketones (excluding diaryl/α,β-unsaturated/α-hetero) is 1. The Morgan fingerprint density at radius 3 is 2.38 bits per heavy atom. The zero-order valence-electron chi connectivity index (χ0n) is 9.40. The first-order valence-corrected chi connectivity index (χ1v) is 5.08. The Hall–Kier alpha value is -0.590. The van der Waals surface area contributed by atoms with E-state index in [-0.39, 0.29) is 11.2 Å². The van der Waals surface area contributed by atoms with Gasteiger partial charge in [0.15, 0.2) is 5.78 Å². The average Bonchev–Trinajstić information content (AvgIpc) is 1.96. The fraction of sp³-hybridized carbons (Fsp3) is 0.750. The molecule has 0 bridgehead atoms. The van der Waals surface area contributed by atoms with Crippen LogP contribution >= 0.6 is 0 Å². The van der Waals surface area contributed by atoms with Crippen molar-refractivity contribution in [3.05, 3.63) is 11.1 Å². The molecule has 1 rings (SSSR count). The van der Waals surface area contributed by atoms with Crippen molar-refractivity contribution in [3.63, 3.8) is 0 Å². The molecule has 1 heteroatoms. The molecule has 0 spiro atoms. The van der Waals surface area contributed by atoms with Gasteiger partial charge in [0, 0.05) is 0 Å². The zero-order chi connectivity index (χ0) is 10.2. The van der Waals surface area contributed by atoms with Gasteiger partial charge in [0.25, 0.3) is 0 Å². The van der Waals surface area contributed by atoms with Gasteiger partial charge in [-0.2, -0.15) is 0 Å². The number of carbonyl (C=O) groups excluding carboxylic acids is 1. The summed E-state index contributed by atoms with van der Waals surface area (Å²) >= 11 is 0. The third-order valence-electron chi connectivity index (χ3n) is 3.61. The van der Waals surface area contributed by atoms with Gasteiger partial charge in [-0.1, -0.05) is 26.3 Å². The lowest BCUT2D eigenvalue weighted by atomic mass is 9.65. The van der Waals surface area contributed by atoms with Crippen LogP contribution in [0, 0.1) is 11.3 Å². The topological polar surface area (TPSA) is 17.1 Å². The second-order valence-electron chi connectivity index (χ2n) is 4.87. The first-order chi connectivity index (χ1) is 5.87. The zero-order valence-corrected chi connectivity index (χ0v) is 9.40. The quantitative estimate of drug-likeness (QED) is 0.605. The molecule has 13 heavy (non-hydrogen) atoms. The summed E-state index contributed by atoms with van der Waals surface area (Å²) in [5.74, 6) is 0.879. The van der Waals surface area contributed by atoms with E-state index >= 15 is 0 Å². The molecule has 0 aromatic carbocycles. The summed E-state index contributed by atoms with van der Waals surface area (Å²) in [5.41, 5.74) is 2.45. The summed E-state index contributed by atoms with van der Waals surface area (Å²) in [6.45, 7) is 10.4. The molecule has 0 fully saturated rings. The SMILES string of the molecule is CC(=O)C1=C(C)CCC(C)C1(C)C. The Bertz CT molecular complexity index is 258. The molecule has 0 saturated heterocycles. The molecule has 1 unspecified atom stereocenters. The van der Waals surface area contributed by atoms with Gasteiger partial charge in [0.1, 0.15) is 0 Å². The molecular weight excluding hydrogens is 160 g/mol. The lowest BCUT2D eigenvalue weighted by molar-refractivity contribution is -0.115. The van der Waals surface area contributed by atoms with E-state index < -0.39 is 0 Å². The van der Waals surface area contributed by atoms with Crippen LogP contribution in [0.25, 0.3) is 0 Å². The minimum atomic E-state index is 0.0775. The van der Waals surface area contributed by atoms with E-state index in [1.165, 1.54) is 12.0 Å².